The first-order valence-electron chi connectivity index (χ1n) is 6.65. The summed E-state index contributed by atoms with van der Waals surface area (Å²) in [6.45, 7) is 5.93. The van der Waals surface area contributed by atoms with Gasteiger partial charge in [-0.1, -0.05) is 19.4 Å². The van der Waals surface area contributed by atoms with Crippen LogP contribution < -0.4 is 5.32 Å². The standard InChI is InChI=1S/C14H21FN2O/c1-2-3-14(17-8-6-16-7-9-17)12-5-4-11(18)10-13(12)15/h4-5,10,14,16,18H,2-3,6-9H2,1H3/t14-/m0/s1. The fourth-order valence-corrected chi connectivity index (χ4v) is 2.59. The number of halogens is 1. The minimum absolute atomic E-state index is 0.00758. The van der Waals surface area contributed by atoms with Crippen molar-refractivity contribution in [3.05, 3.63) is 29.6 Å². The molecule has 1 aromatic rings. The van der Waals surface area contributed by atoms with Crippen LogP contribution in [0.3, 0.4) is 0 Å². The SMILES string of the molecule is CCC[C@@H](c1ccc(O)cc1F)N1CCNCC1. The van der Waals surface area contributed by atoms with Crippen LogP contribution in [-0.2, 0) is 0 Å². The van der Waals surface area contributed by atoms with Gasteiger partial charge in [0.05, 0.1) is 0 Å². The maximum Gasteiger partial charge on any atom is 0.131 e. The molecule has 1 heterocycles. The summed E-state index contributed by atoms with van der Waals surface area (Å²) in [5, 5.41) is 12.6. The molecule has 18 heavy (non-hydrogen) atoms. The Morgan fingerprint density at radius 2 is 2.11 bits per heavy atom. The molecule has 1 atom stereocenters. The number of benzene rings is 1. The van der Waals surface area contributed by atoms with Crippen LogP contribution in [0.25, 0.3) is 0 Å². The van der Waals surface area contributed by atoms with Gasteiger partial charge < -0.3 is 10.4 Å². The number of nitrogens with zero attached hydrogens (tertiary/aromatic N) is 1. The molecule has 2 rings (SSSR count). The number of hydrogen-bond acceptors (Lipinski definition) is 3. The number of rotatable bonds is 4. The fraction of sp³-hybridized carbons (Fsp3) is 0.571. The molecule has 0 spiro atoms. The van der Waals surface area contributed by atoms with E-state index in [1.54, 1.807) is 12.1 Å². The third-order valence-electron chi connectivity index (χ3n) is 3.50. The van der Waals surface area contributed by atoms with Crippen LogP contribution in [0.1, 0.15) is 31.4 Å². The highest BCUT2D eigenvalue weighted by Gasteiger charge is 2.23. The molecule has 1 saturated heterocycles. The van der Waals surface area contributed by atoms with Crippen molar-refractivity contribution >= 4 is 0 Å². The first-order chi connectivity index (χ1) is 8.72. The molecule has 0 radical (unpaired) electrons. The van der Waals surface area contributed by atoms with Crippen LogP contribution in [0, 0.1) is 5.82 Å². The number of nitrogens with one attached hydrogen (secondary N) is 1. The highest BCUT2D eigenvalue weighted by atomic mass is 19.1. The largest absolute Gasteiger partial charge is 0.508 e. The van der Waals surface area contributed by atoms with E-state index in [-0.39, 0.29) is 17.6 Å². The molecule has 100 valence electrons. The normalized spacial score (nSPS) is 18.8. The molecule has 1 aliphatic rings. The topological polar surface area (TPSA) is 35.5 Å². The van der Waals surface area contributed by atoms with E-state index in [0.29, 0.717) is 5.56 Å². The summed E-state index contributed by atoms with van der Waals surface area (Å²) < 4.78 is 14.0. The lowest BCUT2D eigenvalue weighted by atomic mass is 9.99. The van der Waals surface area contributed by atoms with E-state index in [1.165, 1.54) is 6.07 Å². The molecular formula is C14H21FN2O. The van der Waals surface area contributed by atoms with Crippen molar-refractivity contribution in [2.24, 2.45) is 0 Å². The first-order valence-corrected chi connectivity index (χ1v) is 6.65. The average Bonchev–Trinajstić information content (AvgIpc) is 2.38. The number of hydrogen-bond donors (Lipinski definition) is 2. The van der Waals surface area contributed by atoms with Crippen molar-refractivity contribution in [1.82, 2.24) is 10.2 Å². The summed E-state index contributed by atoms with van der Waals surface area (Å²) in [7, 11) is 0. The molecule has 0 saturated carbocycles. The van der Waals surface area contributed by atoms with Crippen LogP contribution in [0.5, 0.6) is 5.75 Å². The average molecular weight is 252 g/mol. The lowest BCUT2D eigenvalue weighted by Crippen LogP contribution is -2.45. The van der Waals surface area contributed by atoms with Crippen molar-refractivity contribution in [2.75, 3.05) is 26.2 Å². The molecule has 1 fully saturated rings. The second-order valence-electron chi connectivity index (χ2n) is 4.80. The van der Waals surface area contributed by atoms with Gasteiger partial charge in [-0.2, -0.15) is 0 Å². The first kappa shape index (κ1) is 13.3. The molecule has 4 heteroatoms. The van der Waals surface area contributed by atoms with Gasteiger partial charge in [-0.05, 0) is 12.5 Å². The molecule has 0 aromatic heterocycles. The van der Waals surface area contributed by atoms with Gasteiger partial charge in [0, 0.05) is 43.9 Å². The Hall–Kier alpha value is -1.13. The molecule has 1 aliphatic heterocycles. The number of phenolic OH excluding ortho intramolecular Hbond substituents is 1. The molecule has 3 nitrogen and oxygen atoms in total. The molecule has 0 bridgehead atoms. The van der Waals surface area contributed by atoms with Crippen LogP contribution in [0.2, 0.25) is 0 Å². The van der Waals surface area contributed by atoms with E-state index in [2.05, 4.69) is 17.1 Å². The van der Waals surface area contributed by atoms with E-state index < -0.39 is 0 Å². The van der Waals surface area contributed by atoms with E-state index in [0.717, 1.165) is 39.0 Å². The van der Waals surface area contributed by atoms with Crippen molar-refractivity contribution in [3.63, 3.8) is 0 Å². The van der Waals surface area contributed by atoms with Gasteiger partial charge in [0.1, 0.15) is 11.6 Å². The quantitative estimate of drug-likeness (QED) is 0.863. The summed E-state index contributed by atoms with van der Waals surface area (Å²) in [6, 6.07) is 4.62. The summed E-state index contributed by atoms with van der Waals surface area (Å²) in [4.78, 5) is 2.33. The van der Waals surface area contributed by atoms with Crippen LogP contribution in [0.4, 0.5) is 4.39 Å². The van der Waals surface area contributed by atoms with Crippen molar-refractivity contribution in [3.8, 4) is 5.75 Å². The zero-order chi connectivity index (χ0) is 13.0. The van der Waals surface area contributed by atoms with Gasteiger partial charge in [-0.3, -0.25) is 4.90 Å². The lowest BCUT2D eigenvalue weighted by Gasteiger charge is -2.35. The van der Waals surface area contributed by atoms with E-state index in [9.17, 15) is 9.50 Å². The number of piperazine rings is 1. The van der Waals surface area contributed by atoms with Gasteiger partial charge in [-0.25, -0.2) is 4.39 Å². The highest BCUT2D eigenvalue weighted by Crippen LogP contribution is 2.29. The maximum atomic E-state index is 14.0. The van der Waals surface area contributed by atoms with Crippen LogP contribution >= 0.6 is 0 Å². The zero-order valence-electron chi connectivity index (χ0n) is 10.8. The predicted molar refractivity (Wildman–Crippen MR) is 70.2 cm³/mol. The Bertz CT molecular complexity index is 391. The van der Waals surface area contributed by atoms with Gasteiger partial charge in [0.15, 0.2) is 0 Å². The highest BCUT2D eigenvalue weighted by molar-refractivity contribution is 5.30. The Balaban J connectivity index is 2.22. The minimum atomic E-state index is -0.299. The maximum absolute atomic E-state index is 14.0. The van der Waals surface area contributed by atoms with Crippen LogP contribution in [0.15, 0.2) is 18.2 Å². The van der Waals surface area contributed by atoms with Crippen LogP contribution in [-0.4, -0.2) is 36.2 Å². The summed E-state index contributed by atoms with van der Waals surface area (Å²) >= 11 is 0. The zero-order valence-corrected chi connectivity index (χ0v) is 10.8. The smallest absolute Gasteiger partial charge is 0.131 e. The van der Waals surface area contributed by atoms with Gasteiger partial charge >= 0.3 is 0 Å². The second-order valence-corrected chi connectivity index (χ2v) is 4.80. The molecule has 2 N–H and O–H groups in total. The number of phenols is 1. The monoisotopic (exact) mass is 252 g/mol. The third kappa shape index (κ3) is 3.00. The third-order valence-corrected chi connectivity index (χ3v) is 3.50. The predicted octanol–water partition coefficient (Wildman–Crippen LogP) is 2.28. The van der Waals surface area contributed by atoms with E-state index >= 15 is 0 Å². The minimum Gasteiger partial charge on any atom is -0.508 e. The second kappa shape index (κ2) is 6.16. The molecule has 0 unspecified atom stereocenters. The molecule has 0 aliphatic carbocycles. The van der Waals surface area contributed by atoms with E-state index in [4.69, 9.17) is 0 Å². The molecule has 0 amide bonds. The van der Waals surface area contributed by atoms with Crippen molar-refractivity contribution in [2.45, 2.75) is 25.8 Å². The summed E-state index contributed by atoms with van der Waals surface area (Å²) in [5.74, 6) is -0.307. The summed E-state index contributed by atoms with van der Waals surface area (Å²) in [6.07, 6.45) is 1.97. The number of aromatic hydroxyl groups is 1. The summed E-state index contributed by atoms with van der Waals surface area (Å²) in [5.41, 5.74) is 0.705. The Kier molecular flexibility index (Phi) is 4.55. The Labute approximate surface area is 108 Å². The Morgan fingerprint density at radius 1 is 1.39 bits per heavy atom. The molecule has 1 aromatic carbocycles. The Morgan fingerprint density at radius 3 is 2.72 bits per heavy atom. The fourth-order valence-electron chi connectivity index (χ4n) is 2.59. The van der Waals surface area contributed by atoms with Gasteiger partial charge in [0.25, 0.3) is 0 Å². The van der Waals surface area contributed by atoms with Gasteiger partial charge in [0.2, 0.25) is 0 Å². The van der Waals surface area contributed by atoms with Gasteiger partial charge in [-0.15, -0.1) is 0 Å². The molecular weight excluding hydrogens is 231 g/mol. The lowest BCUT2D eigenvalue weighted by molar-refractivity contribution is 0.161. The van der Waals surface area contributed by atoms with E-state index in [1.807, 2.05) is 0 Å². The van der Waals surface area contributed by atoms with Crippen molar-refractivity contribution < 1.29 is 9.50 Å². The van der Waals surface area contributed by atoms with Crippen molar-refractivity contribution in [1.29, 1.82) is 0 Å².